The van der Waals surface area contributed by atoms with Crippen molar-refractivity contribution in [3.8, 4) is 0 Å². The Kier molecular flexibility index (Phi) is 6.52. The van der Waals surface area contributed by atoms with Gasteiger partial charge in [0.05, 0.1) is 6.61 Å². The van der Waals surface area contributed by atoms with E-state index in [2.05, 4.69) is 22.3 Å². The van der Waals surface area contributed by atoms with E-state index < -0.39 is 0 Å². The van der Waals surface area contributed by atoms with Gasteiger partial charge in [0.2, 0.25) is 0 Å². The van der Waals surface area contributed by atoms with Gasteiger partial charge in [-0.2, -0.15) is 5.10 Å². The fourth-order valence-corrected chi connectivity index (χ4v) is 0.787. The number of amidine groups is 1. The molecule has 0 atom stereocenters. The fourth-order valence-electron chi connectivity index (χ4n) is 0.787. The second-order valence-electron chi connectivity index (χ2n) is 4.31. The highest BCUT2D eigenvalue weighted by Gasteiger charge is 2.20. The first-order chi connectivity index (χ1) is 7.41. The maximum absolute atomic E-state index is 11.5. The lowest BCUT2D eigenvalue weighted by Gasteiger charge is -2.16. The zero-order valence-electron chi connectivity index (χ0n) is 10.1. The molecule has 0 bridgehead atoms. The van der Waals surface area contributed by atoms with Crippen molar-refractivity contribution in [3.05, 3.63) is 0 Å². The Hall–Kier alpha value is -1.27. The zero-order chi connectivity index (χ0) is 12.6. The van der Waals surface area contributed by atoms with E-state index in [4.69, 9.17) is 10.6 Å². The van der Waals surface area contributed by atoms with Crippen molar-refractivity contribution in [2.24, 2.45) is 21.5 Å². The van der Waals surface area contributed by atoms with Crippen LogP contribution in [-0.4, -0.2) is 31.6 Å². The molecule has 16 heavy (non-hydrogen) atoms. The van der Waals surface area contributed by atoms with E-state index in [0.717, 1.165) is 0 Å². The summed E-state index contributed by atoms with van der Waals surface area (Å²) in [5, 5.41) is 6.97. The summed E-state index contributed by atoms with van der Waals surface area (Å²) in [5.41, 5.74) is 2.00. The van der Waals surface area contributed by atoms with Gasteiger partial charge >= 0.3 is 0 Å². The average molecular weight is 228 g/mol. The lowest BCUT2D eigenvalue weighted by Crippen LogP contribution is -2.31. The molecule has 0 aromatic heterocycles. The highest BCUT2D eigenvalue weighted by molar-refractivity contribution is 5.85. The van der Waals surface area contributed by atoms with E-state index in [1.165, 1.54) is 0 Å². The molecular weight excluding hydrogens is 208 g/mol. The van der Waals surface area contributed by atoms with Crippen molar-refractivity contribution >= 4 is 18.3 Å². The van der Waals surface area contributed by atoms with Crippen molar-refractivity contribution in [2.75, 3.05) is 13.2 Å². The molecule has 0 aliphatic carbocycles. The van der Waals surface area contributed by atoms with E-state index in [9.17, 15) is 4.79 Å². The number of nitrogens with two attached hydrogens (primary N) is 1. The number of ether oxygens (including phenoxy) is 1. The highest BCUT2D eigenvalue weighted by Crippen LogP contribution is 2.14. The second kappa shape index (κ2) is 7.08. The normalized spacial score (nSPS) is 12.4. The topological polar surface area (TPSA) is 89.1 Å². The number of nitrogens with zero attached hydrogens (tertiary/aromatic N) is 2. The molecule has 0 unspecified atom stereocenters. The first-order valence-corrected chi connectivity index (χ1v) is 5.02. The van der Waals surface area contributed by atoms with Crippen LogP contribution in [0.25, 0.3) is 0 Å². The maximum atomic E-state index is 11.5. The number of ketones is 1. The Morgan fingerprint density at radius 1 is 1.50 bits per heavy atom. The fraction of sp³-hybridized carbons (Fsp3) is 0.700. The third-order valence-corrected chi connectivity index (χ3v) is 1.91. The number of carbonyl (C=O) groups is 1. The van der Waals surface area contributed by atoms with Crippen LogP contribution < -0.4 is 11.3 Å². The minimum atomic E-state index is -0.369. The van der Waals surface area contributed by atoms with Gasteiger partial charge in [-0.05, 0) is 0 Å². The molecule has 0 aliphatic rings. The van der Waals surface area contributed by atoms with Crippen molar-refractivity contribution in [3.63, 3.8) is 0 Å². The molecule has 0 fully saturated rings. The van der Waals surface area contributed by atoms with Crippen LogP contribution >= 0.6 is 0 Å². The standard InChI is InChI=1S/C10H20N4O2/c1-10(2,3)8(15)7-16-6-5-9(13-11)14-12-4/h4-7,11H2,1-3H3,(H,13,14). The van der Waals surface area contributed by atoms with Gasteiger partial charge in [0, 0.05) is 18.6 Å². The zero-order valence-corrected chi connectivity index (χ0v) is 10.1. The summed E-state index contributed by atoms with van der Waals surface area (Å²) in [6.07, 6.45) is 0.465. The van der Waals surface area contributed by atoms with Crippen LogP contribution in [0.2, 0.25) is 0 Å². The minimum absolute atomic E-state index is 0.0635. The summed E-state index contributed by atoms with van der Waals surface area (Å²) in [4.78, 5) is 11.5. The Morgan fingerprint density at radius 3 is 2.56 bits per heavy atom. The molecule has 0 heterocycles. The molecule has 0 saturated heterocycles. The van der Waals surface area contributed by atoms with Crippen LogP contribution in [-0.2, 0) is 9.53 Å². The van der Waals surface area contributed by atoms with Crippen LogP contribution in [0.3, 0.4) is 0 Å². The first-order valence-electron chi connectivity index (χ1n) is 5.02. The summed E-state index contributed by atoms with van der Waals surface area (Å²) in [6.45, 7) is 9.24. The summed E-state index contributed by atoms with van der Waals surface area (Å²) < 4.78 is 5.21. The number of nitrogens with one attached hydrogen (secondary N) is 1. The Morgan fingerprint density at radius 2 is 2.12 bits per heavy atom. The van der Waals surface area contributed by atoms with E-state index in [1.807, 2.05) is 20.8 Å². The molecule has 0 aromatic rings. The minimum Gasteiger partial charge on any atom is -0.373 e. The number of hydrogen-bond donors (Lipinski definition) is 2. The van der Waals surface area contributed by atoms with Crippen LogP contribution in [0.4, 0.5) is 0 Å². The van der Waals surface area contributed by atoms with E-state index in [-0.39, 0.29) is 17.8 Å². The molecule has 0 aromatic carbocycles. The third kappa shape index (κ3) is 6.26. The van der Waals surface area contributed by atoms with Crippen LogP contribution in [0, 0.1) is 5.41 Å². The number of hydrazine groups is 1. The third-order valence-electron chi connectivity index (χ3n) is 1.91. The van der Waals surface area contributed by atoms with Crippen LogP contribution in [0.5, 0.6) is 0 Å². The lowest BCUT2D eigenvalue weighted by molar-refractivity contribution is -0.130. The maximum Gasteiger partial charge on any atom is 0.163 e. The van der Waals surface area contributed by atoms with Crippen LogP contribution in [0.15, 0.2) is 10.2 Å². The number of carbonyl (C=O) groups excluding carboxylic acids is 1. The molecule has 6 heteroatoms. The lowest BCUT2D eigenvalue weighted by atomic mass is 9.91. The first kappa shape index (κ1) is 14.7. The number of hydrogen-bond acceptors (Lipinski definition) is 5. The van der Waals surface area contributed by atoms with E-state index in [1.54, 1.807) is 0 Å². The van der Waals surface area contributed by atoms with Crippen molar-refractivity contribution in [1.82, 2.24) is 5.43 Å². The Labute approximate surface area is 95.9 Å². The van der Waals surface area contributed by atoms with Gasteiger partial charge in [-0.15, -0.1) is 5.10 Å². The molecule has 0 spiro atoms. The quantitative estimate of drug-likeness (QED) is 0.227. The number of Topliss-reactive ketones (excluding diaryl/α,β-unsaturated/α-hetero) is 1. The van der Waals surface area contributed by atoms with Crippen molar-refractivity contribution < 1.29 is 9.53 Å². The van der Waals surface area contributed by atoms with Gasteiger partial charge in [0.15, 0.2) is 5.78 Å². The van der Waals surface area contributed by atoms with Gasteiger partial charge < -0.3 is 10.2 Å². The molecule has 0 radical (unpaired) electrons. The van der Waals surface area contributed by atoms with Gasteiger partial charge in [-0.25, -0.2) is 5.84 Å². The highest BCUT2D eigenvalue weighted by atomic mass is 16.5. The van der Waals surface area contributed by atoms with Gasteiger partial charge in [-0.3, -0.25) is 4.79 Å². The summed E-state index contributed by atoms with van der Waals surface area (Å²) >= 11 is 0. The SMILES string of the molecule is C=N/N=C(/CCOCC(=O)C(C)(C)C)NN. The predicted molar refractivity (Wildman–Crippen MR) is 64.2 cm³/mol. The summed E-state index contributed by atoms with van der Waals surface area (Å²) in [7, 11) is 0. The Bertz CT molecular complexity index is 268. The molecule has 0 saturated carbocycles. The van der Waals surface area contributed by atoms with E-state index >= 15 is 0 Å². The molecule has 0 aliphatic heterocycles. The van der Waals surface area contributed by atoms with Crippen LogP contribution in [0.1, 0.15) is 27.2 Å². The van der Waals surface area contributed by atoms with Gasteiger partial charge in [0.1, 0.15) is 12.4 Å². The Balaban J connectivity index is 3.80. The number of rotatable bonds is 6. The molecule has 0 rings (SSSR count). The van der Waals surface area contributed by atoms with Gasteiger partial charge in [0.25, 0.3) is 0 Å². The average Bonchev–Trinajstić information content (AvgIpc) is 2.20. The molecule has 0 amide bonds. The van der Waals surface area contributed by atoms with Gasteiger partial charge in [-0.1, -0.05) is 20.8 Å². The second-order valence-corrected chi connectivity index (χ2v) is 4.31. The molecule has 92 valence electrons. The molecular formula is C10H20N4O2. The van der Waals surface area contributed by atoms with Crippen molar-refractivity contribution in [1.29, 1.82) is 0 Å². The summed E-state index contributed by atoms with van der Waals surface area (Å²) in [5.74, 6) is 5.71. The predicted octanol–water partition coefficient (Wildman–Crippen LogP) is 0.486. The van der Waals surface area contributed by atoms with E-state index in [0.29, 0.717) is 18.9 Å². The molecule has 6 nitrogen and oxygen atoms in total. The van der Waals surface area contributed by atoms with Crippen molar-refractivity contribution in [2.45, 2.75) is 27.2 Å². The summed E-state index contributed by atoms with van der Waals surface area (Å²) in [6, 6.07) is 0. The monoisotopic (exact) mass is 228 g/mol. The molecule has 3 N–H and O–H groups in total. The smallest absolute Gasteiger partial charge is 0.163 e. The largest absolute Gasteiger partial charge is 0.373 e.